The van der Waals surface area contributed by atoms with E-state index < -0.39 is 0 Å². The van der Waals surface area contributed by atoms with Crippen molar-refractivity contribution < 1.29 is 0 Å². The molecule has 1 saturated carbocycles. The molecule has 1 fully saturated rings. The molecule has 0 spiro atoms. The van der Waals surface area contributed by atoms with Gasteiger partial charge in [-0.15, -0.1) is 10.2 Å². The number of halogens is 1. The van der Waals surface area contributed by atoms with Gasteiger partial charge in [-0.1, -0.05) is 28.1 Å². The summed E-state index contributed by atoms with van der Waals surface area (Å²) in [5.74, 6) is 1.05. The lowest BCUT2D eigenvalue weighted by atomic mass is 9.58. The van der Waals surface area contributed by atoms with E-state index >= 15 is 0 Å². The summed E-state index contributed by atoms with van der Waals surface area (Å²) >= 11 is 3.51. The van der Waals surface area contributed by atoms with Gasteiger partial charge in [0.25, 0.3) is 0 Å². The first kappa shape index (κ1) is 12.4. The van der Waals surface area contributed by atoms with E-state index in [4.69, 9.17) is 5.26 Å². The van der Waals surface area contributed by atoms with Gasteiger partial charge in [-0.25, -0.2) is 0 Å². The van der Waals surface area contributed by atoms with Gasteiger partial charge in [0.1, 0.15) is 12.2 Å². The molecule has 1 aromatic carbocycles. The molecule has 0 radical (unpaired) electrons. The quantitative estimate of drug-likeness (QED) is 0.856. The number of aryl methyl sites for hydroxylation is 1. The summed E-state index contributed by atoms with van der Waals surface area (Å²) in [7, 11) is 1.95. The van der Waals surface area contributed by atoms with Gasteiger partial charge in [0.2, 0.25) is 0 Å². The zero-order valence-electron chi connectivity index (χ0n) is 10.5. The largest absolute Gasteiger partial charge is 0.320 e. The summed E-state index contributed by atoms with van der Waals surface area (Å²) in [5.41, 5.74) is 1.03. The highest BCUT2D eigenvalue weighted by atomic mass is 79.9. The molecule has 1 aromatic heterocycles. The van der Waals surface area contributed by atoms with Gasteiger partial charge < -0.3 is 4.57 Å². The summed E-state index contributed by atoms with van der Waals surface area (Å²) < 4.78 is 3.00. The van der Waals surface area contributed by atoms with Crippen LogP contribution >= 0.6 is 15.9 Å². The lowest BCUT2D eigenvalue weighted by Crippen LogP contribution is -2.43. The highest BCUT2D eigenvalue weighted by Crippen LogP contribution is 2.51. The number of rotatable bonds is 2. The van der Waals surface area contributed by atoms with Crippen LogP contribution in [0.25, 0.3) is 0 Å². The Balaban J connectivity index is 2.10. The molecule has 3 rings (SSSR count). The predicted octanol–water partition coefficient (Wildman–Crippen LogP) is 2.80. The third-order valence-electron chi connectivity index (χ3n) is 3.89. The van der Waals surface area contributed by atoms with Gasteiger partial charge in [0.05, 0.1) is 11.5 Å². The molecule has 1 aliphatic carbocycles. The first-order valence-electron chi connectivity index (χ1n) is 6.16. The number of benzene rings is 1. The molecule has 2 aromatic rings. The number of hydrogen-bond donors (Lipinski definition) is 0. The topological polar surface area (TPSA) is 54.5 Å². The maximum atomic E-state index is 9.08. The van der Waals surface area contributed by atoms with Gasteiger partial charge in [-0.3, -0.25) is 0 Å². The normalized spacial score (nSPS) is 25.6. The predicted molar refractivity (Wildman–Crippen MR) is 74.3 cm³/mol. The number of nitriles is 1. The fourth-order valence-electron chi connectivity index (χ4n) is 2.92. The molecule has 0 bridgehead atoms. The fraction of sp³-hybridized carbons (Fsp3) is 0.357. The molecule has 5 heteroatoms. The van der Waals surface area contributed by atoms with E-state index in [2.05, 4.69) is 44.3 Å². The minimum atomic E-state index is -0.171. The molecule has 19 heavy (non-hydrogen) atoms. The van der Waals surface area contributed by atoms with Crippen LogP contribution in [0.15, 0.2) is 35.1 Å². The van der Waals surface area contributed by atoms with Crippen LogP contribution < -0.4 is 0 Å². The molecule has 0 aliphatic heterocycles. The maximum Gasteiger partial charge on any atom is 0.143 e. The Kier molecular flexibility index (Phi) is 2.90. The first-order valence-corrected chi connectivity index (χ1v) is 6.95. The second kappa shape index (κ2) is 4.46. The number of aromatic nitrogens is 3. The zero-order valence-corrected chi connectivity index (χ0v) is 12.1. The lowest BCUT2D eigenvalue weighted by Gasteiger charge is -2.44. The minimum Gasteiger partial charge on any atom is -0.320 e. The highest BCUT2D eigenvalue weighted by molar-refractivity contribution is 9.10. The number of nitrogens with zero attached hydrogens (tertiary/aromatic N) is 4. The van der Waals surface area contributed by atoms with Gasteiger partial charge in [-0.05, 0) is 30.5 Å². The van der Waals surface area contributed by atoms with Crippen LogP contribution in [0.1, 0.15) is 24.2 Å². The maximum absolute atomic E-state index is 9.08. The minimum absolute atomic E-state index is 0.107. The van der Waals surface area contributed by atoms with Gasteiger partial charge in [0.15, 0.2) is 0 Å². The van der Waals surface area contributed by atoms with E-state index in [1.54, 1.807) is 6.33 Å². The molecular formula is C14H13BrN4. The van der Waals surface area contributed by atoms with E-state index in [-0.39, 0.29) is 11.3 Å². The van der Waals surface area contributed by atoms with Crippen LogP contribution in [0.3, 0.4) is 0 Å². The molecule has 1 heterocycles. The van der Waals surface area contributed by atoms with Crippen LogP contribution in [-0.4, -0.2) is 14.8 Å². The Morgan fingerprint density at radius 3 is 2.84 bits per heavy atom. The fourth-order valence-corrected chi connectivity index (χ4v) is 3.32. The monoisotopic (exact) mass is 316 g/mol. The standard InChI is InChI=1S/C14H13BrN4/c1-19-9-17-18-13(19)14(6-10(7-14)8-16)11-3-2-4-12(15)5-11/h2-5,9-10H,6-7H2,1H3/t10-,14-. The van der Waals surface area contributed by atoms with E-state index in [1.807, 2.05) is 23.7 Å². The van der Waals surface area contributed by atoms with Crippen molar-refractivity contribution in [1.29, 1.82) is 5.26 Å². The Morgan fingerprint density at radius 1 is 1.47 bits per heavy atom. The molecule has 0 amide bonds. The molecule has 1 aliphatic rings. The summed E-state index contributed by atoms with van der Waals surface area (Å²) in [5, 5.41) is 17.3. The van der Waals surface area contributed by atoms with E-state index in [9.17, 15) is 0 Å². The average molecular weight is 317 g/mol. The van der Waals surface area contributed by atoms with Crippen LogP contribution in [-0.2, 0) is 12.5 Å². The van der Waals surface area contributed by atoms with Crippen molar-refractivity contribution in [2.24, 2.45) is 13.0 Å². The van der Waals surface area contributed by atoms with Crippen molar-refractivity contribution in [3.63, 3.8) is 0 Å². The Hall–Kier alpha value is -1.67. The SMILES string of the molecule is Cn1cnnc1[C@]1(c2cccc(Br)c2)C[C@@H](C#N)C1. The van der Waals surface area contributed by atoms with Crippen molar-refractivity contribution in [2.75, 3.05) is 0 Å². The number of hydrogen-bond acceptors (Lipinski definition) is 3. The first-order chi connectivity index (χ1) is 9.15. The van der Waals surface area contributed by atoms with Gasteiger partial charge in [-0.2, -0.15) is 5.26 Å². The second-order valence-electron chi connectivity index (χ2n) is 5.09. The third kappa shape index (κ3) is 1.87. The molecular weight excluding hydrogens is 304 g/mol. The molecule has 0 N–H and O–H groups in total. The van der Waals surface area contributed by atoms with Crippen LogP contribution in [0.5, 0.6) is 0 Å². The average Bonchev–Trinajstić information content (AvgIpc) is 2.76. The Morgan fingerprint density at radius 2 is 2.26 bits per heavy atom. The molecule has 0 atom stereocenters. The third-order valence-corrected chi connectivity index (χ3v) is 4.38. The summed E-state index contributed by atoms with van der Waals surface area (Å²) in [6.45, 7) is 0. The summed E-state index contributed by atoms with van der Waals surface area (Å²) in [6.07, 6.45) is 3.34. The molecule has 0 unspecified atom stereocenters. The van der Waals surface area contributed by atoms with Crippen molar-refractivity contribution in [3.8, 4) is 6.07 Å². The second-order valence-corrected chi connectivity index (χ2v) is 6.01. The van der Waals surface area contributed by atoms with Crippen molar-refractivity contribution in [3.05, 3.63) is 46.5 Å². The van der Waals surface area contributed by atoms with Crippen LogP contribution in [0.4, 0.5) is 0 Å². The van der Waals surface area contributed by atoms with Gasteiger partial charge in [0, 0.05) is 17.4 Å². The van der Waals surface area contributed by atoms with E-state index in [1.165, 1.54) is 5.56 Å². The van der Waals surface area contributed by atoms with E-state index in [0.717, 1.165) is 23.1 Å². The van der Waals surface area contributed by atoms with Crippen LogP contribution in [0, 0.1) is 17.2 Å². The molecule has 4 nitrogen and oxygen atoms in total. The highest BCUT2D eigenvalue weighted by Gasteiger charge is 2.50. The zero-order chi connectivity index (χ0) is 13.5. The Labute approximate surface area is 120 Å². The van der Waals surface area contributed by atoms with Crippen LogP contribution in [0.2, 0.25) is 0 Å². The van der Waals surface area contributed by atoms with E-state index in [0.29, 0.717) is 0 Å². The molecule has 96 valence electrons. The lowest BCUT2D eigenvalue weighted by molar-refractivity contribution is 0.215. The molecule has 0 saturated heterocycles. The summed E-state index contributed by atoms with van der Waals surface area (Å²) in [6, 6.07) is 10.6. The van der Waals surface area contributed by atoms with Crippen molar-refractivity contribution in [2.45, 2.75) is 18.3 Å². The Bertz CT molecular complexity index is 649. The van der Waals surface area contributed by atoms with Crippen molar-refractivity contribution in [1.82, 2.24) is 14.8 Å². The summed E-state index contributed by atoms with van der Waals surface area (Å²) in [4.78, 5) is 0. The van der Waals surface area contributed by atoms with Gasteiger partial charge >= 0.3 is 0 Å². The smallest absolute Gasteiger partial charge is 0.143 e. The van der Waals surface area contributed by atoms with Crippen molar-refractivity contribution >= 4 is 15.9 Å².